The largest absolute Gasteiger partial charge is 0.467 e. The highest BCUT2D eigenvalue weighted by atomic mass is 35.5. The highest BCUT2D eigenvalue weighted by molar-refractivity contribution is 6.30. The molecule has 5 heteroatoms. The maximum Gasteiger partial charge on any atom is 0.189 e. The molecule has 0 radical (unpaired) electrons. The van der Waals surface area contributed by atoms with Crippen LogP contribution in [0.1, 0.15) is 28.4 Å². The van der Waals surface area contributed by atoms with Gasteiger partial charge in [-0.2, -0.15) is 4.57 Å². The first-order valence-corrected chi connectivity index (χ1v) is 7.03. The van der Waals surface area contributed by atoms with Crippen LogP contribution in [0.5, 0.6) is 5.75 Å². The summed E-state index contributed by atoms with van der Waals surface area (Å²) < 4.78 is 12.8. The van der Waals surface area contributed by atoms with E-state index in [9.17, 15) is 4.79 Å². The van der Waals surface area contributed by atoms with Gasteiger partial charge in [0.25, 0.3) is 0 Å². The van der Waals surface area contributed by atoms with Gasteiger partial charge in [-0.25, -0.2) is 0 Å². The Hall–Kier alpha value is -1.91. The Labute approximate surface area is 127 Å². The molecule has 0 atom stereocenters. The highest BCUT2D eigenvalue weighted by Gasteiger charge is 2.19. The minimum atomic E-state index is 0.0436. The van der Waals surface area contributed by atoms with Gasteiger partial charge in [0.1, 0.15) is 5.75 Å². The molecule has 2 heterocycles. The van der Waals surface area contributed by atoms with Crippen molar-refractivity contribution in [2.24, 2.45) is 0 Å². The van der Waals surface area contributed by atoms with Gasteiger partial charge in [0.15, 0.2) is 31.5 Å². The van der Waals surface area contributed by atoms with Crippen LogP contribution in [0, 0.1) is 0 Å². The summed E-state index contributed by atoms with van der Waals surface area (Å²) in [5.41, 5.74) is 2.61. The zero-order valence-corrected chi connectivity index (χ0v) is 12.4. The van der Waals surface area contributed by atoms with Crippen LogP contribution < -0.4 is 9.30 Å². The molecule has 0 saturated carbocycles. The number of benzene rings is 1. The Morgan fingerprint density at radius 1 is 1.43 bits per heavy atom. The van der Waals surface area contributed by atoms with Crippen molar-refractivity contribution >= 4 is 17.4 Å². The van der Waals surface area contributed by atoms with Gasteiger partial charge in [0, 0.05) is 16.7 Å². The maximum absolute atomic E-state index is 11.5. The molecule has 1 aliphatic heterocycles. The number of nitrogens with zero attached hydrogens (tertiary/aromatic N) is 1. The van der Waals surface area contributed by atoms with E-state index in [4.69, 9.17) is 21.1 Å². The number of ketones is 1. The van der Waals surface area contributed by atoms with E-state index >= 15 is 0 Å². The first-order valence-electron chi connectivity index (χ1n) is 6.65. The second-order valence-corrected chi connectivity index (χ2v) is 5.42. The Morgan fingerprint density at radius 3 is 3.10 bits per heavy atom. The lowest BCUT2D eigenvalue weighted by Crippen LogP contribution is -2.34. The number of rotatable bonds is 3. The molecule has 3 rings (SSSR count). The molecule has 0 saturated heterocycles. The van der Waals surface area contributed by atoms with Gasteiger partial charge in [0.05, 0.1) is 17.7 Å². The summed E-state index contributed by atoms with van der Waals surface area (Å²) in [5, 5.41) is 0.654. The highest BCUT2D eigenvalue weighted by Crippen LogP contribution is 2.31. The summed E-state index contributed by atoms with van der Waals surface area (Å²) in [6.45, 7) is 2.90. The standard InChI is InChI=1S/C16H15ClNO3/c1-11(19)12-3-2-4-18(7-12)8-13-5-15(17)6-14-9-20-10-21-16(13)14/h2-7H,8-10H2,1H3/q+1. The van der Waals surface area contributed by atoms with Gasteiger partial charge in [-0.1, -0.05) is 11.6 Å². The van der Waals surface area contributed by atoms with Crippen molar-refractivity contribution in [2.45, 2.75) is 20.1 Å². The molecule has 0 bridgehead atoms. The summed E-state index contributed by atoms with van der Waals surface area (Å²) in [6, 6.07) is 7.41. The van der Waals surface area contributed by atoms with Crippen LogP contribution in [-0.2, 0) is 17.9 Å². The van der Waals surface area contributed by atoms with E-state index in [0.29, 0.717) is 23.7 Å². The number of carbonyl (C=O) groups excluding carboxylic acids is 1. The molecule has 0 aliphatic carbocycles. The van der Waals surface area contributed by atoms with Crippen molar-refractivity contribution in [3.05, 3.63) is 58.4 Å². The molecular weight excluding hydrogens is 290 g/mol. The fourth-order valence-electron chi connectivity index (χ4n) is 2.40. The minimum absolute atomic E-state index is 0.0436. The Morgan fingerprint density at radius 2 is 2.29 bits per heavy atom. The zero-order chi connectivity index (χ0) is 14.8. The fraction of sp³-hybridized carbons (Fsp3) is 0.250. The number of fused-ring (bicyclic) bond motifs is 1. The van der Waals surface area contributed by atoms with Gasteiger partial charge in [-0.15, -0.1) is 0 Å². The molecule has 0 amide bonds. The van der Waals surface area contributed by atoms with Crippen LogP contribution in [0.4, 0.5) is 0 Å². The monoisotopic (exact) mass is 304 g/mol. The lowest BCUT2D eigenvalue weighted by atomic mass is 10.1. The third-order valence-corrected chi connectivity index (χ3v) is 3.59. The van der Waals surface area contributed by atoms with Crippen LogP contribution in [0.15, 0.2) is 36.7 Å². The van der Waals surface area contributed by atoms with E-state index < -0.39 is 0 Å². The first-order chi connectivity index (χ1) is 10.1. The van der Waals surface area contributed by atoms with Crippen molar-refractivity contribution in [1.82, 2.24) is 0 Å². The van der Waals surface area contributed by atoms with Crippen LogP contribution >= 0.6 is 11.6 Å². The average Bonchev–Trinajstić information content (AvgIpc) is 2.47. The summed E-state index contributed by atoms with van der Waals surface area (Å²) in [6.07, 6.45) is 3.74. The number of aromatic nitrogens is 1. The van der Waals surface area contributed by atoms with Crippen molar-refractivity contribution < 1.29 is 18.8 Å². The molecule has 1 aromatic heterocycles. The van der Waals surface area contributed by atoms with E-state index in [1.807, 2.05) is 35.2 Å². The summed E-state index contributed by atoms with van der Waals surface area (Å²) in [7, 11) is 0. The molecule has 2 aromatic rings. The topological polar surface area (TPSA) is 39.4 Å². The van der Waals surface area contributed by atoms with Crippen LogP contribution in [0.25, 0.3) is 0 Å². The number of halogens is 1. The van der Waals surface area contributed by atoms with Crippen molar-refractivity contribution in [3.8, 4) is 5.75 Å². The second kappa shape index (κ2) is 5.84. The third-order valence-electron chi connectivity index (χ3n) is 3.37. The molecule has 1 aliphatic rings. The number of hydrogen-bond acceptors (Lipinski definition) is 3. The predicted octanol–water partition coefficient (Wildman–Crippen LogP) is 2.74. The van der Waals surface area contributed by atoms with Gasteiger partial charge in [0.2, 0.25) is 0 Å². The van der Waals surface area contributed by atoms with Crippen LogP contribution in [0.3, 0.4) is 0 Å². The van der Waals surface area contributed by atoms with Crippen LogP contribution in [0.2, 0.25) is 5.02 Å². The minimum Gasteiger partial charge on any atom is -0.467 e. The van der Waals surface area contributed by atoms with Crippen molar-refractivity contribution in [3.63, 3.8) is 0 Å². The van der Waals surface area contributed by atoms with Gasteiger partial charge >= 0.3 is 0 Å². The number of ether oxygens (including phenoxy) is 2. The summed E-state index contributed by atoms with van der Waals surface area (Å²) in [4.78, 5) is 11.5. The third kappa shape index (κ3) is 3.06. The van der Waals surface area contributed by atoms with Crippen molar-refractivity contribution in [1.29, 1.82) is 0 Å². The smallest absolute Gasteiger partial charge is 0.189 e. The van der Waals surface area contributed by atoms with E-state index in [2.05, 4.69) is 0 Å². The first kappa shape index (κ1) is 14.0. The molecule has 0 N–H and O–H groups in total. The second-order valence-electron chi connectivity index (χ2n) is 4.98. The predicted molar refractivity (Wildman–Crippen MR) is 77.5 cm³/mol. The molecule has 0 spiro atoms. The maximum atomic E-state index is 11.5. The Balaban J connectivity index is 1.96. The SMILES string of the molecule is CC(=O)c1ccc[n+](Cc2cc(Cl)cc3c2OCOC3)c1. The Kier molecular flexibility index (Phi) is 3.90. The quantitative estimate of drug-likeness (QED) is 0.646. The Bertz CT molecular complexity index is 700. The van der Waals surface area contributed by atoms with Crippen LogP contribution in [-0.4, -0.2) is 12.6 Å². The molecule has 21 heavy (non-hydrogen) atoms. The summed E-state index contributed by atoms with van der Waals surface area (Å²) >= 11 is 6.16. The van der Waals surface area contributed by atoms with Crippen molar-refractivity contribution in [2.75, 3.05) is 6.79 Å². The lowest BCUT2D eigenvalue weighted by Gasteiger charge is -2.20. The molecule has 0 unspecified atom stereocenters. The lowest BCUT2D eigenvalue weighted by molar-refractivity contribution is -0.688. The van der Waals surface area contributed by atoms with E-state index in [-0.39, 0.29) is 12.6 Å². The number of carbonyl (C=O) groups is 1. The fourth-order valence-corrected chi connectivity index (χ4v) is 2.66. The van der Waals surface area contributed by atoms with Gasteiger partial charge < -0.3 is 9.47 Å². The molecule has 108 valence electrons. The van der Waals surface area contributed by atoms with Gasteiger partial charge in [-0.05, 0) is 25.1 Å². The molecule has 1 aromatic carbocycles. The van der Waals surface area contributed by atoms with E-state index in [1.165, 1.54) is 0 Å². The molecular formula is C16H15ClNO3+. The number of pyridine rings is 1. The zero-order valence-electron chi connectivity index (χ0n) is 11.6. The average molecular weight is 305 g/mol. The number of hydrogen-bond donors (Lipinski definition) is 0. The van der Waals surface area contributed by atoms with E-state index in [1.54, 1.807) is 13.0 Å². The number of Topliss-reactive ketones (excluding diaryl/α,β-unsaturated/α-hetero) is 1. The summed E-state index contributed by atoms with van der Waals surface area (Å²) in [5.74, 6) is 0.869. The van der Waals surface area contributed by atoms with Gasteiger partial charge in [-0.3, -0.25) is 4.79 Å². The molecule has 4 nitrogen and oxygen atoms in total. The normalized spacial score (nSPS) is 13.4. The molecule has 0 fully saturated rings. The van der Waals surface area contributed by atoms with E-state index in [0.717, 1.165) is 16.9 Å².